The number of anilines is 1. The number of aryl methyl sites for hydroxylation is 2. The third-order valence-electron chi connectivity index (χ3n) is 4.80. The van der Waals surface area contributed by atoms with E-state index in [0.717, 1.165) is 11.3 Å². The maximum Gasteiger partial charge on any atom is 0.280 e. The average molecular weight is 456 g/mol. The Labute approximate surface area is 180 Å². The van der Waals surface area contributed by atoms with Gasteiger partial charge in [-0.1, -0.05) is 18.5 Å². The number of halogens is 3. The van der Waals surface area contributed by atoms with Crippen molar-refractivity contribution in [1.82, 2.24) is 14.8 Å². The first-order valence-electron chi connectivity index (χ1n) is 9.10. The molecule has 3 N–H and O–H groups in total. The lowest BCUT2D eigenvalue weighted by Gasteiger charge is -2.18. The second kappa shape index (κ2) is 8.27. The van der Waals surface area contributed by atoms with E-state index in [2.05, 4.69) is 15.4 Å². The van der Waals surface area contributed by atoms with Crippen LogP contribution < -0.4 is 11.1 Å². The van der Waals surface area contributed by atoms with Crippen LogP contribution in [0.3, 0.4) is 0 Å². The summed E-state index contributed by atoms with van der Waals surface area (Å²) in [5.74, 6) is -1.21. The van der Waals surface area contributed by atoms with Gasteiger partial charge in [0.25, 0.3) is 12.3 Å². The van der Waals surface area contributed by atoms with Gasteiger partial charge in [-0.25, -0.2) is 13.8 Å². The number of carbonyl (C=O) groups excluding carboxylic acids is 2. The standard InChI is InChI=1S/C19H20ClF2N5O2S/c1-5-11(27-9(4)13(20)8(3)26-27)18(29)25-14-12-7(2)6-10(16(21)22)24-19(12)30-15(14)17(23)28/h6,11,16H,5H2,1-4H3,(H2,23,28)(H,25,29). The number of hydrogen-bond donors (Lipinski definition) is 2. The molecule has 2 amide bonds. The normalized spacial score (nSPS) is 12.5. The first kappa shape index (κ1) is 22.1. The van der Waals surface area contributed by atoms with Crippen LogP contribution in [0.4, 0.5) is 14.5 Å². The Balaban J connectivity index is 2.09. The highest BCUT2D eigenvalue weighted by molar-refractivity contribution is 7.21. The van der Waals surface area contributed by atoms with Crippen molar-refractivity contribution >= 4 is 50.7 Å². The fourth-order valence-corrected chi connectivity index (χ4v) is 4.52. The molecule has 0 aliphatic carbocycles. The van der Waals surface area contributed by atoms with E-state index in [-0.39, 0.29) is 15.4 Å². The maximum absolute atomic E-state index is 13.1. The fraction of sp³-hybridized carbons (Fsp3) is 0.368. The van der Waals surface area contributed by atoms with Crippen LogP contribution in [0.1, 0.15) is 58.1 Å². The van der Waals surface area contributed by atoms with Gasteiger partial charge in [0, 0.05) is 5.39 Å². The Bertz CT molecular complexity index is 1160. The molecule has 0 radical (unpaired) electrons. The van der Waals surface area contributed by atoms with Gasteiger partial charge >= 0.3 is 0 Å². The highest BCUT2D eigenvalue weighted by Crippen LogP contribution is 2.38. The number of alkyl halides is 2. The van der Waals surface area contributed by atoms with Gasteiger partial charge in [0.05, 0.1) is 22.1 Å². The van der Waals surface area contributed by atoms with Crippen molar-refractivity contribution in [2.75, 3.05) is 5.32 Å². The van der Waals surface area contributed by atoms with Crippen LogP contribution in [-0.2, 0) is 4.79 Å². The van der Waals surface area contributed by atoms with Gasteiger partial charge in [0.15, 0.2) is 0 Å². The van der Waals surface area contributed by atoms with E-state index in [9.17, 15) is 18.4 Å². The molecule has 11 heteroatoms. The van der Waals surface area contributed by atoms with Gasteiger partial charge < -0.3 is 11.1 Å². The first-order chi connectivity index (χ1) is 14.1. The predicted octanol–water partition coefficient (Wildman–Crippen LogP) is 4.70. The molecule has 3 aromatic rings. The highest BCUT2D eigenvalue weighted by Gasteiger charge is 2.28. The molecule has 0 spiro atoms. The van der Waals surface area contributed by atoms with E-state index in [1.807, 2.05) is 6.92 Å². The fourth-order valence-electron chi connectivity index (χ4n) is 3.33. The number of fused-ring (bicyclic) bond motifs is 1. The van der Waals surface area contributed by atoms with Crippen LogP contribution >= 0.6 is 22.9 Å². The molecule has 1 atom stereocenters. The van der Waals surface area contributed by atoms with Crippen molar-refractivity contribution in [2.45, 2.75) is 46.6 Å². The third-order valence-corrected chi connectivity index (χ3v) is 6.44. The number of nitrogens with two attached hydrogens (primary N) is 1. The molecular weight excluding hydrogens is 436 g/mol. The number of nitrogens with one attached hydrogen (secondary N) is 1. The molecule has 3 rings (SSSR count). The van der Waals surface area contributed by atoms with Crippen molar-refractivity contribution in [3.05, 3.63) is 38.6 Å². The molecule has 0 fully saturated rings. The molecule has 0 bridgehead atoms. The van der Waals surface area contributed by atoms with Crippen molar-refractivity contribution in [2.24, 2.45) is 5.73 Å². The van der Waals surface area contributed by atoms with Gasteiger partial charge in [-0.15, -0.1) is 11.3 Å². The summed E-state index contributed by atoms with van der Waals surface area (Å²) in [7, 11) is 0. The molecular formula is C19H20ClF2N5O2S. The summed E-state index contributed by atoms with van der Waals surface area (Å²) in [6, 6.07) is 0.540. The summed E-state index contributed by atoms with van der Waals surface area (Å²) in [5, 5.41) is 7.97. The van der Waals surface area contributed by atoms with Crippen LogP contribution in [0.15, 0.2) is 6.07 Å². The molecule has 0 saturated heterocycles. The van der Waals surface area contributed by atoms with Crippen molar-refractivity contribution < 1.29 is 18.4 Å². The number of rotatable bonds is 6. The summed E-state index contributed by atoms with van der Waals surface area (Å²) in [6.45, 7) is 6.93. The van der Waals surface area contributed by atoms with Crippen LogP contribution in [0, 0.1) is 20.8 Å². The Morgan fingerprint density at radius 3 is 2.50 bits per heavy atom. The zero-order valence-electron chi connectivity index (χ0n) is 16.7. The average Bonchev–Trinajstić information content (AvgIpc) is 3.16. The second-order valence-corrected chi connectivity index (χ2v) is 8.24. The largest absolute Gasteiger partial charge is 0.365 e. The summed E-state index contributed by atoms with van der Waals surface area (Å²) in [5.41, 5.74) is 6.94. The third kappa shape index (κ3) is 3.77. The minimum absolute atomic E-state index is 0.0432. The van der Waals surface area contributed by atoms with E-state index >= 15 is 0 Å². The predicted molar refractivity (Wildman–Crippen MR) is 113 cm³/mol. The van der Waals surface area contributed by atoms with Gasteiger partial charge in [-0.05, 0) is 38.8 Å². The van der Waals surface area contributed by atoms with Gasteiger partial charge in [0.2, 0.25) is 5.91 Å². The summed E-state index contributed by atoms with van der Waals surface area (Å²) in [6.07, 6.45) is -2.35. The lowest BCUT2D eigenvalue weighted by molar-refractivity contribution is -0.119. The lowest BCUT2D eigenvalue weighted by Crippen LogP contribution is -2.28. The van der Waals surface area contributed by atoms with Gasteiger partial charge in [-0.3, -0.25) is 14.3 Å². The van der Waals surface area contributed by atoms with E-state index in [0.29, 0.717) is 33.8 Å². The molecule has 0 aliphatic heterocycles. The van der Waals surface area contributed by atoms with E-state index in [4.69, 9.17) is 17.3 Å². The summed E-state index contributed by atoms with van der Waals surface area (Å²) in [4.78, 5) is 29.3. The van der Waals surface area contributed by atoms with Crippen molar-refractivity contribution in [1.29, 1.82) is 0 Å². The SMILES string of the molecule is CCC(C(=O)Nc1c(C(N)=O)sc2nc(C(F)F)cc(C)c12)n1nc(C)c(Cl)c1C. The molecule has 0 aliphatic rings. The Kier molecular flexibility index (Phi) is 6.09. The number of carbonyl (C=O) groups is 2. The maximum atomic E-state index is 13.1. The number of pyridine rings is 1. The highest BCUT2D eigenvalue weighted by atomic mass is 35.5. The topological polar surface area (TPSA) is 103 Å². The summed E-state index contributed by atoms with van der Waals surface area (Å²) < 4.78 is 27.8. The molecule has 7 nitrogen and oxygen atoms in total. The monoisotopic (exact) mass is 455 g/mol. The number of amides is 2. The number of nitrogens with zero attached hydrogens (tertiary/aromatic N) is 3. The Hall–Kier alpha value is -2.59. The minimum Gasteiger partial charge on any atom is -0.365 e. The molecule has 0 aromatic carbocycles. The van der Waals surface area contributed by atoms with Crippen LogP contribution in [0.2, 0.25) is 5.02 Å². The van der Waals surface area contributed by atoms with Crippen LogP contribution in [0.25, 0.3) is 10.2 Å². The van der Waals surface area contributed by atoms with Gasteiger partial charge in [-0.2, -0.15) is 5.10 Å². The first-order valence-corrected chi connectivity index (χ1v) is 10.3. The van der Waals surface area contributed by atoms with Crippen LogP contribution in [0.5, 0.6) is 0 Å². The lowest BCUT2D eigenvalue weighted by atomic mass is 10.1. The molecule has 3 aromatic heterocycles. The van der Waals surface area contributed by atoms with Crippen molar-refractivity contribution in [3.8, 4) is 0 Å². The van der Waals surface area contributed by atoms with E-state index < -0.39 is 30.0 Å². The van der Waals surface area contributed by atoms with Crippen molar-refractivity contribution in [3.63, 3.8) is 0 Å². The summed E-state index contributed by atoms with van der Waals surface area (Å²) >= 11 is 7.08. The number of hydrogen-bond acceptors (Lipinski definition) is 5. The Morgan fingerprint density at radius 2 is 2.00 bits per heavy atom. The zero-order chi connectivity index (χ0) is 22.3. The quantitative estimate of drug-likeness (QED) is 0.562. The second-order valence-electron chi connectivity index (χ2n) is 6.86. The molecule has 30 heavy (non-hydrogen) atoms. The minimum atomic E-state index is -2.76. The van der Waals surface area contributed by atoms with Gasteiger partial charge in [0.1, 0.15) is 21.4 Å². The molecule has 1 unspecified atom stereocenters. The molecule has 0 saturated carbocycles. The Morgan fingerprint density at radius 1 is 1.33 bits per heavy atom. The van der Waals surface area contributed by atoms with Crippen LogP contribution in [-0.4, -0.2) is 26.6 Å². The molecule has 3 heterocycles. The van der Waals surface area contributed by atoms with E-state index in [1.165, 1.54) is 10.7 Å². The number of aromatic nitrogens is 3. The zero-order valence-corrected chi connectivity index (χ0v) is 18.3. The number of primary amides is 1. The smallest absolute Gasteiger partial charge is 0.280 e. The number of thiophene rings is 1. The van der Waals surface area contributed by atoms with E-state index in [1.54, 1.807) is 20.8 Å². The molecule has 160 valence electrons.